The summed E-state index contributed by atoms with van der Waals surface area (Å²) in [5.41, 5.74) is 7.58. The Morgan fingerprint density at radius 1 is 1.40 bits per heavy atom. The van der Waals surface area contributed by atoms with Crippen LogP contribution in [0, 0.1) is 0 Å². The Bertz CT molecular complexity index is 617. The zero-order chi connectivity index (χ0) is 14.5. The number of hydrogen-bond donors (Lipinski definition) is 1. The van der Waals surface area contributed by atoms with Gasteiger partial charge in [-0.2, -0.15) is 0 Å². The van der Waals surface area contributed by atoms with Crippen molar-refractivity contribution in [3.63, 3.8) is 0 Å². The summed E-state index contributed by atoms with van der Waals surface area (Å²) in [7, 11) is 1.34. The van der Waals surface area contributed by atoms with Crippen LogP contribution >= 0.6 is 23.4 Å². The van der Waals surface area contributed by atoms with E-state index in [9.17, 15) is 4.79 Å². The van der Waals surface area contributed by atoms with E-state index in [1.807, 2.05) is 12.1 Å². The topological polar surface area (TPSA) is 65.2 Å². The van der Waals surface area contributed by atoms with Crippen molar-refractivity contribution in [2.75, 3.05) is 12.8 Å². The van der Waals surface area contributed by atoms with Crippen LogP contribution in [0.1, 0.15) is 16.1 Å². The SMILES string of the molecule is COC(=O)c1ccc(CSc2ccc(N)cc2Cl)nc1. The van der Waals surface area contributed by atoms with Crippen LogP contribution in [0.15, 0.2) is 41.4 Å². The molecule has 0 saturated heterocycles. The van der Waals surface area contributed by atoms with Gasteiger partial charge in [0.1, 0.15) is 0 Å². The first-order chi connectivity index (χ1) is 9.60. The number of aromatic nitrogens is 1. The number of rotatable bonds is 4. The maximum Gasteiger partial charge on any atom is 0.339 e. The molecule has 4 nitrogen and oxygen atoms in total. The van der Waals surface area contributed by atoms with Crippen molar-refractivity contribution in [1.82, 2.24) is 4.98 Å². The zero-order valence-corrected chi connectivity index (χ0v) is 12.4. The van der Waals surface area contributed by atoms with Gasteiger partial charge in [-0.15, -0.1) is 11.8 Å². The number of nitrogens with zero attached hydrogens (tertiary/aromatic N) is 1. The monoisotopic (exact) mass is 308 g/mol. The predicted octanol–water partition coefficient (Wildman–Crippen LogP) is 3.40. The van der Waals surface area contributed by atoms with Crippen LogP contribution in [-0.2, 0) is 10.5 Å². The molecule has 20 heavy (non-hydrogen) atoms. The molecule has 0 saturated carbocycles. The van der Waals surface area contributed by atoms with Gasteiger partial charge in [-0.05, 0) is 30.3 Å². The number of nitrogen functional groups attached to an aromatic ring is 1. The van der Waals surface area contributed by atoms with Crippen LogP contribution < -0.4 is 5.73 Å². The van der Waals surface area contributed by atoms with E-state index >= 15 is 0 Å². The Balaban J connectivity index is 2.02. The van der Waals surface area contributed by atoms with E-state index in [0.29, 0.717) is 22.0 Å². The number of ether oxygens (including phenoxy) is 1. The molecule has 0 amide bonds. The highest BCUT2D eigenvalue weighted by Crippen LogP contribution is 2.30. The van der Waals surface area contributed by atoms with Crippen LogP contribution in [0.25, 0.3) is 0 Å². The van der Waals surface area contributed by atoms with E-state index in [2.05, 4.69) is 9.72 Å². The van der Waals surface area contributed by atoms with Crippen molar-refractivity contribution in [1.29, 1.82) is 0 Å². The normalized spacial score (nSPS) is 10.3. The number of benzene rings is 1. The minimum Gasteiger partial charge on any atom is -0.465 e. The van der Waals surface area contributed by atoms with Crippen molar-refractivity contribution in [2.24, 2.45) is 0 Å². The summed E-state index contributed by atoms with van der Waals surface area (Å²) >= 11 is 7.66. The van der Waals surface area contributed by atoms with Crippen molar-refractivity contribution < 1.29 is 9.53 Å². The summed E-state index contributed by atoms with van der Waals surface area (Å²) < 4.78 is 4.62. The number of carbonyl (C=O) groups excluding carboxylic acids is 1. The molecule has 2 N–H and O–H groups in total. The van der Waals surface area contributed by atoms with Gasteiger partial charge in [0.2, 0.25) is 0 Å². The largest absolute Gasteiger partial charge is 0.465 e. The number of halogens is 1. The molecule has 0 aliphatic carbocycles. The first-order valence-corrected chi connectivity index (χ1v) is 7.17. The highest BCUT2D eigenvalue weighted by molar-refractivity contribution is 7.98. The van der Waals surface area contributed by atoms with Crippen LogP contribution in [0.4, 0.5) is 5.69 Å². The molecular weight excluding hydrogens is 296 g/mol. The number of esters is 1. The maximum atomic E-state index is 11.3. The number of nitrogens with two attached hydrogens (primary N) is 1. The quantitative estimate of drug-likeness (QED) is 0.533. The van der Waals surface area contributed by atoms with Crippen molar-refractivity contribution in [2.45, 2.75) is 10.6 Å². The second-order valence-corrected chi connectivity index (χ2v) is 5.43. The molecule has 0 spiro atoms. The Kier molecular flexibility index (Phi) is 4.87. The van der Waals surface area contributed by atoms with Gasteiger partial charge in [0.05, 0.1) is 23.4 Å². The predicted molar refractivity (Wildman–Crippen MR) is 81.0 cm³/mol. The minimum atomic E-state index is -0.390. The zero-order valence-electron chi connectivity index (χ0n) is 10.8. The van der Waals surface area contributed by atoms with Gasteiger partial charge >= 0.3 is 5.97 Å². The molecule has 2 rings (SSSR count). The Morgan fingerprint density at radius 2 is 2.20 bits per heavy atom. The molecule has 0 radical (unpaired) electrons. The number of pyridine rings is 1. The van der Waals surface area contributed by atoms with Crippen molar-refractivity contribution in [3.05, 3.63) is 52.8 Å². The van der Waals surface area contributed by atoms with Crippen LogP contribution in [-0.4, -0.2) is 18.1 Å². The van der Waals surface area contributed by atoms with Gasteiger partial charge in [0.15, 0.2) is 0 Å². The molecule has 2 aromatic rings. The van der Waals surface area contributed by atoms with Crippen LogP contribution in [0.2, 0.25) is 5.02 Å². The van der Waals surface area contributed by atoms with Gasteiger partial charge in [-0.3, -0.25) is 4.98 Å². The van der Waals surface area contributed by atoms with E-state index in [1.165, 1.54) is 13.3 Å². The fourth-order valence-corrected chi connectivity index (χ4v) is 2.72. The summed E-state index contributed by atoms with van der Waals surface area (Å²) in [5, 5.41) is 0.626. The lowest BCUT2D eigenvalue weighted by Crippen LogP contribution is -2.02. The lowest BCUT2D eigenvalue weighted by Gasteiger charge is -2.05. The fraction of sp³-hybridized carbons (Fsp3) is 0.143. The average Bonchev–Trinajstić information content (AvgIpc) is 2.46. The second-order valence-electron chi connectivity index (χ2n) is 4.01. The molecular formula is C14H13ClN2O2S. The first kappa shape index (κ1) is 14.7. The highest BCUT2D eigenvalue weighted by Gasteiger charge is 2.07. The second kappa shape index (κ2) is 6.63. The number of carbonyl (C=O) groups is 1. The summed E-state index contributed by atoms with van der Waals surface area (Å²) in [6.07, 6.45) is 1.51. The molecule has 0 bridgehead atoms. The van der Waals surface area contributed by atoms with Gasteiger partial charge in [0, 0.05) is 22.5 Å². The molecule has 1 heterocycles. The highest BCUT2D eigenvalue weighted by atomic mass is 35.5. The molecule has 0 atom stereocenters. The Morgan fingerprint density at radius 3 is 2.80 bits per heavy atom. The third-order valence-corrected chi connectivity index (χ3v) is 4.11. The van der Waals surface area contributed by atoms with Gasteiger partial charge < -0.3 is 10.5 Å². The van der Waals surface area contributed by atoms with Gasteiger partial charge in [-0.1, -0.05) is 11.6 Å². The molecule has 0 fully saturated rings. The lowest BCUT2D eigenvalue weighted by atomic mass is 10.2. The molecule has 1 aromatic heterocycles. The molecule has 0 aliphatic rings. The lowest BCUT2D eigenvalue weighted by molar-refractivity contribution is 0.0600. The Hall–Kier alpha value is -1.72. The fourth-order valence-electron chi connectivity index (χ4n) is 1.53. The number of hydrogen-bond acceptors (Lipinski definition) is 5. The number of thioether (sulfide) groups is 1. The van der Waals surface area contributed by atoms with E-state index in [1.54, 1.807) is 30.0 Å². The van der Waals surface area contributed by atoms with Crippen molar-refractivity contribution in [3.8, 4) is 0 Å². The van der Waals surface area contributed by atoms with E-state index in [0.717, 1.165) is 10.6 Å². The summed E-state index contributed by atoms with van der Waals surface area (Å²) in [6.45, 7) is 0. The molecule has 0 unspecified atom stereocenters. The minimum absolute atomic E-state index is 0.390. The maximum absolute atomic E-state index is 11.3. The van der Waals surface area contributed by atoms with Crippen molar-refractivity contribution >= 4 is 35.0 Å². The van der Waals surface area contributed by atoms with E-state index in [-0.39, 0.29) is 0 Å². The third kappa shape index (κ3) is 3.65. The van der Waals surface area contributed by atoms with Crippen LogP contribution in [0.3, 0.4) is 0 Å². The molecule has 104 valence electrons. The number of methoxy groups -OCH3 is 1. The summed E-state index contributed by atoms with van der Waals surface area (Å²) in [5.74, 6) is 0.267. The first-order valence-electron chi connectivity index (χ1n) is 5.81. The number of anilines is 1. The Labute approximate surface area is 126 Å². The average molecular weight is 309 g/mol. The molecule has 1 aromatic carbocycles. The van der Waals surface area contributed by atoms with Gasteiger partial charge in [0.25, 0.3) is 0 Å². The van der Waals surface area contributed by atoms with E-state index < -0.39 is 5.97 Å². The van der Waals surface area contributed by atoms with Crippen LogP contribution in [0.5, 0.6) is 0 Å². The molecule has 6 heteroatoms. The van der Waals surface area contributed by atoms with Gasteiger partial charge in [-0.25, -0.2) is 4.79 Å². The summed E-state index contributed by atoms with van der Waals surface area (Å²) in [6, 6.07) is 8.90. The molecule has 0 aliphatic heterocycles. The third-order valence-electron chi connectivity index (χ3n) is 2.58. The van der Waals surface area contributed by atoms with E-state index in [4.69, 9.17) is 17.3 Å². The summed E-state index contributed by atoms with van der Waals surface area (Å²) in [4.78, 5) is 16.4. The standard InChI is InChI=1S/C14H13ClN2O2S/c1-19-14(18)9-2-4-11(17-7-9)8-20-13-5-3-10(16)6-12(13)15/h2-7H,8,16H2,1H3. The smallest absolute Gasteiger partial charge is 0.339 e.